The van der Waals surface area contributed by atoms with E-state index >= 15 is 0 Å². The molecule has 0 spiro atoms. The molecule has 0 fully saturated rings. The summed E-state index contributed by atoms with van der Waals surface area (Å²) in [5, 5.41) is 7.24. The van der Waals surface area contributed by atoms with Crippen molar-refractivity contribution in [2.24, 2.45) is 0 Å². The maximum atomic E-state index is 12.8. The number of methoxy groups -OCH3 is 1. The Morgan fingerprint density at radius 2 is 1.62 bits per heavy atom. The lowest BCUT2D eigenvalue weighted by Gasteiger charge is -2.15. The molecule has 0 saturated carbocycles. The third-order valence-corrected chi connectivity index (χ3v) is 6.93. The SMILES string of the molecule is COc1ccc2c(Cl)c(C(=O)Nc3ccc(NC(=O)C(C)Oc4ccccc4Cl)cc3)sc2c1. The van der Waals surface area contributed by atoms with Gasteiger partial charge in [-0.05, 0) is 61.5 Å². The number of thiophene rings is 1. The third-order valence-electron chi connectivity index (χ3n) is 4.96. The highest BCUT2D eigenvalue weighted by atomic mass is 35.5. The molecule has 34 heavy (non-hydrogen) atoms. The second-order valence-electron chi connectivity index (χ2n) is 7.32. The molecule has 2 amide bonds. The number of benzene rings is 3. The number of carbonyl (C=O) groups is 2. The molecule has 1 atom stereocenters. The van der Waals surface area contributed by atoms with Crippen LogP contribution in [0.15, 0.2) is 66.7 Å². The van der Waals surface area contributed by atoms with Crippen molar-refractivity contribution in [2.75, 3.05) is 17.7 Å². The van der Waals surface area contributed by atoms with Crippen LogP contribution in [0.2, 0.25) is 10.0 Å². The van der Waals surface area contributed by atoms with Crippen LogP contribution in [0, 0.1) is 0 Å². The van der Waals surface area contributed by atoms with Gasteiger partial charge in [0, 0.05) is 21.5 Å². The molecule has 4 aromatic rings. The average molecular weight is 515 g/mol. The second kappa shape index (κ2) is 10.3. The van der Waals surface area contributed by atoms with Crippen molar-refractivity contribution in [3.63, 3.8) is 0 Å². The first-order chi connectivity index (χ1) is 16.4. The van der Waals surface area contributed by atoms with Gasteiger partial charge in [-0.3, -0.25) is 9.59 Å². The van der Waals surface area contributed by atoms with Crippen LogP contribution in [0.25, 0.3) is 10.1 Å². The van der Waals surface area contributed by atoms with E-state index in [4.69, 9.17) is 32.7 Å². The summed E-state index contributed by atoms with van der Waals surface area (Å²) in [6, 6.07) is 19.2. The summed E-state index contributed by atoms with van der Waals surface area (Å²) in [7, 11) is 1.59. The molecule has 0 aliphatic carbocycles. The number of ether oxygens (including phenoxy) is 2. The third kappa shape index (κ3) is 5.28. The Bertz CT molecular complexity index is 1360. The quantitative estimate of drug-likeness (QED) is 0.282. The predicted octanol–water partition coefficient (Wildman–Crippen LogP) is 6.88. The van der Waals surface area contributed by atoms with Gasteiger partial charge in [0.25, 0.3) is 11.8 Å². The standard InChI is InChI=1S/C25H20Cl2N2O4S/c1-14(33-20-6-4-3-5-19(20)26)24(30)28-15-7-9-16(10-8-15)29-25(31)23-22(27)18-12-11-17(32-2)13-21(18)34-23/h3-14H,1-2H3,(H,28,30)(H,29,31). The smallest absolute Gasteiger partial charge is 0.267 e. The number of halogens is 2. The summed E-state index contributed by atoms with van der Waals surface area (Å²) in [6.45, 7) is 1.64. The second-order valence-corrected chi connectivity index (χ2v) is 9.16. The fourth-order valence-corrected chi connectivity index (χ4v) is 4.79. The van der Waals surface area contributed by atoms with Crippen molar-refractivity contribution >= 4 is 67.8 Å². The minimum absolute atomic E-state index is 0.316. The normalized spacial score (nSPS) is 11.6. The maximum Gasteiger partial charge on any atom is 0.267 e. The summed E-state index contributed by atoms with van der Waals surface area (Å²) < 4.78 is 11.7. The van der Waals surface area contributed by atoms with E-state index in [1.807, 2.05) is 12.1 Å². The maximum absolute atomic E-state index is 12.8. The zero-order valence-corrected chi connectivity index (χ0v) is 20.6. The average Bonchev–Trinajstić information content (AvgIpc) is 3.17. The zero-order chi connectivity index (χ0) is 24.2. The Morgan fingerprint density at radius 1 is 0.941 bits per heavy atom. The first-order valence-corrected chi connectivity index (χ1v) is 11.8. The van der Waals surface area contributed by atoms with E-state index in [0.717, 1.165) is 10.1 Å². The molecule has 6 nitrogen and oxygen atoms in total. The van der Waals surface area contributed by atoms with Gasteiger partial charge in [-0.2, -0.15) is 0 Å². The highest BCUT2D eigenvalue weighted by Crippen LogP contribution is 2.37. The first kappa shape index (κ1) is 23.9. The van der Waals surface area contributed by atoms with Crippen LogP contribution in [0.4, 0.5) is 11.4 Å². The number of rotatable bonds is 7. The Hall–Kier alpha value is -3.26. The number of fused-ring (bicyclic) bond motifs is 1. The van der Waals surface area contributed by atoms with Crippen molar-refractivity contribution in [3.05, 3.63) is 81.7 Å². The molecule has 4 rings (SSSR count). The van der Waals surface area contributed by atoms with Crippen LogP contribution in [-0.2, 0) is 4.79 Å². The fourth-order valence-electron chi connectivity index (χ4n) is 3.17. The Balaban J connectivity index is 1.39. The molecule has 1 heterocycles. The number of anilines is 2. The van der Waals surface area contributed by atoms with Crippen molar-refractivity contribution in [2.45, 2.75) is 13.0 Å². The molecule has 1 aromatic heterocycles. The summed E-state index contributed by atoms with van der Waals surface area (Å²) >= 11 is 13.8. The largest absolute Gasteiger partial charge is 0.497 e. The fraction of sp³-hybridized carbons (Fsp3) is 0.120. The monoisotopic (exact) mass is 514 g/mol. The topological polar surface area (TPSA) is 76.7 Å². The molecule has 0 saturated heterocycles. The summed E-state index contributed by atoms with van der Waals surface area (Å²) in [5.41, 5.74) is 1.12. The predicted molar refractivity (Wildman–Crippen MR) is 138 cm³/mol. The molecule has 1 unspecified atom stereocenters. The molecule has 3 aromatic carbocycles. The zero-order valence-electron chi connectivity index (χ0n) is 18.2. The van der Waals surface area contributed by atoms with Crippen LogP contribution in [0.1, 0.15) is 16.6 Å². The van der Waals surface area contributed by atoms with Crippen LogP contribution in [0.5, 0.6) is 11.5 Å². The van der Waals surface area contributed by atoms with Gasteiger partial charge >= 0.3 is 0 Å². The number of hydrogen-bond acceptors (Lipinski definition) is 5. The van der Waals surface area contributed by atoms with Gasteiger partial charge in [0.1, 0.15) is 16.4 Å². The Morgan fingerprint density at radius 3 is 2.29 bits per heavy atom. The summed E-state index contributed by atoms with van der Waals surface area (Å²) in [6.07, 6.45) is -0.756. The molecule has 2 N–H and O–H groups in total. The van der Waals surface area contributed by atoms with Gasteiger partial charge in [-0.15, -0.1) is 11.3 Å². The molecule has 174 valence electrons. The molecule has 9 heteroatoms. The number of hydrogen-bond donors (Lipinski definition) is 2. The van der Waals surface area contributed by atoms with Crippen LogP contribution < -0.4 is 20.1 Å². The van der Waals surface area contributed by atoms with Gasteiger partial charge < -0.3 is 20.1 Å². The number of amides is 2. The first-order valence-electron chi connectivity index (χ1n) is 10.2. The van der Waals surface area contributed by atoms with Gasteiger partial charge in [-0.25, -0.2) is 0 Å². The minimum atomic E-state index is -0.756. The Labute approximate surface area is 210 Å². The molecule has 0 bridgehead atoms. The lowest BCUT2D eigenvalue weighted by molar-refractivity contribution is -0.122. The van der Waals surface area contributed by atoms with Crippen LogP contribution >= 0.6 is 34.5 Å². The lowest BCUT2D eigenvalue weighted by atomic mass is 10.2. The summed E-state index contributed by atoms with van der Waals surface area (Å²) in [4.78, 5) is 25.7. The van der Waals surface area contributed by atoms with E-state index in [1.54, 1.807) is 68.6 Å². The van der Waals surface area contributed by atoms with Crippen molar-refractivity contribution < 1.29 is 19.1 Å². The van der Waals surface area contributed by atoms with Crippen molar-refractivity contribution in [1.29, 1.82) is 0 Å². The Kier molecular flexibility index (Phi) is 7.26. The van der Waals surface area contributed by atoms with Crippen molar-refractivity contribution in [3.8, 4) is 11.5 Å². The molecule has 0 radical (unpaired) electrons. The van der Waals surface area contributed by atoms with E-state index in [9.17, 15) is 9.59 Å². The van der Waals surface area contributed by atoms with E-state index < -0.39 is 6.10 Å². The highest BCUT2D eigenvalue weighted by Gasteiger charge is 2.19. The van der Waals surface area contributed by atoms with E-state index in [0.29, 0.717) is 37.8 Å². The van der Waals surface area contributed by atoms with Gasteiger partial charge in [0.05, 0.1) is 17.2 Å². The van der Waals surface area contributed by atoms with Gasteiger partial charge in [-0.1, -0.05) is 35.3 Å². The highest BCUT2D eigenvalue weighted by molar-refractivity contribution is 7.21. The van der Waals surface area contributed by atoms with Crippen LogP contribution in [-0.4, -0.2) is 25.0 Å². The molecular weight excluding hydrogens is 495 g/mol. The van der Waals surface area contributed by atoms with Crippen LogP contribution in [0.3, 0.4) is 0 Å². The minimum Gasteiger partial charge on any atom is -0.497 e. The lowest BCUT2D eigenvalue weighted by Crippen LogP contribution is -2.30. The summed E-state index contributed by atoms with van der Waals surface area (Å²) in [5.74, 6) is 0.484. The number of nitrogens with one attached hydrogen (secondary N) is 2. The number of para-hydroxylation sites is 1. The van der Waals surface area contributed by atoms with Crippen molar-refractivity contribution in [1.82, 2.24) is 0 Å². The van der Waals surface area contributed by atoms with Gasteiger partial charge in [0.2, 0.25) is 0 Å². The van der Waals surface area contributed by atoms with E-state index in [-0.39, 0.29) is 11.8 Å². The molecular formula is C25H20Cl2N2O4S. The van der Waals surface area contributed by atoms with E-state index in [1.165, 1.54) is 11.3 Å². The van der Waals surface area contributed by atoms with Gasteiger partial charge in [0.15, 0.2) is 6.10 Å². The number of carbonyl (C=O) groups excluding carboxylic acids is 2. The molecule has 0 aliphatic rings. The molecule has 0 aliphatic heterocycles. The van der Waals surface area contributed by atoms with E-state index in [2.05, 4.69) is 10.6 Å².